The van der Waals surface area contributed by atoms with Crippen molar-refractivity contribution in [3.63, 3.8) is 0 Å². The number of hydrogen-bond acceptors (Lipinski definition) is 2. The van der Waals surface area contributed by atoms with E-state index in [1.807, 2.05) is 0 Å². The molecule has 0 unspecified atom stereocenters. The van der Waals surface area contributed by atoms with Crippen molar-refractivity contribution in [2.24, 2.45) is 0 Å². The first-order valence-electron chi connectivity index (χ1n) is 16.2. The summed E-state index contributed by atoms with van der Waals surface area (Å²) in [5.41, 5.74) is 12.3. The minimum absolute atomic E-state index is 1.08. The monoisotopic (exact) mass is 600 g/mol. The molecule has 47 heavy (non-hydrogen) atoms. The van der Waals surface area contributed by atoms with Crippen LogP contribution in [-0.2, 0) is 6.42 Å². The van der Waals surface area contributed by atoms with Gasteiger partial charge in [0.2, 0.25) is 0 Å². The largest absolute Gasteiger partial charge is 0.310 e. The summed E-state index contributed by atoms with van der Waals surface area (Å²) in [6.45, 7) is 0. The SMILES string of the molecule is c1ccc(N(c2ccc(-c3ccc(N(c4ccccc4)c4cccc5ccc6c(c45)C6)cc3)cc2)c2cccc3ccccc23)cc1. The van der Waals surface area contributed by atoms with E-state index in [0.29, 0.717) is 0 Å². The molecule has 0 bridgehead atoms. The molecule has 1 aliphatic carbocycles. The van der Waals surface area contributed by atoms with Crippen molar-refractivity contribution in [2.75, 3.05) is 9.80 Å². The van der Waals surface area contributed by atoms with E-state index in [-0.39, 0.29) is 0 Å². The number of rotatable bonds is 7. The molecule has 0 radical (unpaired) electrons. The summed E-state index contributed by atoms with van der Waals surface area (Å²) in [5, 5.41) is 5.12. The van der Waals surface area contributed by atoms with E-state index in [1.54, 1.807) is 0 Å². The number of anilines is 6. The van der Waals surface area contributed by atoms with Crippen molar-refractivity contribution in [3.05, 3.63) is 193 Å². The first-order chi connectivity index (χ1) is 23.3. The Morgan fingerprint density at radius 1 is 0.340 bits per heavy atom. The van der Waals surface area contributed by atoms with Crippen molar-refractivity contribution in [3.8, 4) is 11.1 Å². The minimum atomic E-state index is 1.08. The smallest absolute Gasteiger partial charge is 0.0543 e. The predicted molar refractivity (Wildman–Crippen MR) is 199 cm³/mol. The van der Waals surface area contributed by atoms with Crippen LogP contribution in [0, 0.1) is 0 Å². The lowest BCUT2D eigenvalue weighted by molar-refractivity contribution is 1.29. The number of para-hydroxylation sites is 2. The van der Waals surface area contributed by atoms with Crippen LogP contribution in [0.1, 0.15) is 11.1 Å². The van der Waals surface area contributed by atoms with Crippen LogP contribution in [0.5, 0.6) is 0 Å². The lowest BCUT2D eigenvalue weighted by Crippen LogP contribution is -2.10. The standard InChI is InChI=1S/C45H32N2/c1-3-14-37(15-4-1)46(43-19-9-12-34-11-7-8-18-41(34)43)39-27-23-32(24-28-39)33-25-29-40(30-26-33)47(38-16-5-2-6-17-38)44-20-10-13-35-21-22-36-31-42(36)45(35)44/h1-30H,31H2. The highest BCUT2D eigenvalue weighted by Gasteiger charge is 2.24. The lowest BCUT2D eigenvalue weighted by atomic mass is 10.0. The summed E-state index contributed by atoms with van der Waals surface area (Å²) in [6, 6.07) is 65.6. The van der Waals surface area contributed by atoms with Crippen LogP contribution in [-0.4, -0.2) is 0 Å². The molecule has 0 saturated carbocycles. The van der Waals surface area contributed by atoms with Gasteiger partial charge in [0.1, 0.15) is 0 Å². The summed E-state index contributed by atoms with van der Waals surface area (Å²) in [4.78, 5) is 4.75. The molecule has 8 aromatic rings. The zero-order valence-electron chi connectivity index (χ0n) is 25.9. The Kier molecular flexibility index (Phi) is 6.57. The van der Waals surface area contributed by atoms with E-state index >= 15 is 0 Å². The van der Waals surface area contributed by atoms with Crippen LogP contribution in [0.2, 0.25) is 0 Å². The van der Waals surface area contributed by atoms with E-state index in [2.05, 4.69) is 192 Å². The molecule has 9 rings (SSSR count). The first-order valence-corrected chi connectivity index (χ1v) is 16.2. The molecule has 0 aromatic heterocycles. The van der Waals surface area contributed by atoms with Gasteiger partial charge in [0.05, 0.1) is 11.4 Å². The van der Waals surface area contributed by atoms with Crippen molar-refractivity contribution in [1.82, 2.24) is 0 Å². The van der Waals surface area contributed by atoms with Crippen LogP contribution in [0.3, 0.4) is 0 Å². The second kappa shape index (κ2) is 11.3. The van der Waals surface area contributed by atoms with Crippen molar-refractivity contribution in [2.45, 2.75) is 6.42 Å². The third kappa shape index (κ3) is 4.92. The number of hydrogen-bond donors (Lipinski definition) is 0. The zero-order valence-corrected chi connectivity index (χ0v) is 25.9. The third-order valence-electron chi connectivity index (χ3n) is 9.33. The third-order valence-corrected chi connectivity index (χ3v) is 9.33. The van der Waals surface area contributed by atoms with Crippen molar-refractivity contribution < 1.29 is 0 Å². The highest BCUT2D eigenvalue weighted by Crippen LogP contribution is 2.45. The topological polar surface area (TPSA) is 6.48 Å². The Morgan fingerprint density at radius 3 is 1.47 bits per heavy atom. The van der Waals surface area contributed by atoms with Gasteiger partial charge in [-0.1, -0.05) is 121 Å². The average Bonchev–Trinajstić information content (AvgIpc) is 3.94. The molecule has 0 saturated heterocycles. The Morgan fingerprint density at radius 2 is 0.830 bits per heavy atom. The van der Waals surface area contributed by atoms with Gasteiger partial charge < -0.3 is 9.80 Å². The fraction of sp³-hybridized carbons (Fsp3) is 0.0222. The lowest BCUT2D eigenvalue weighted by Gasteiger charge is -2.27. The Hall–Kier alpha value is -6.12. The second-order valence-corrected chi connectivity index (χ2v) is 12.2. The molecular formula is C45H32N2. The normalized spacial score (nSPS) is 11.7. The van der Waals surface area contributed by atoms with E-state index in [1.165, 1.54) is 55.2 Å². The van der Waals surface area contributed by atoms with Crippen molar-refractivity contribution in [1.29, 1.82) is 0 Å². The summed E-state index contributed by atoms with van der Waals surface area (Å²) in [5.74, 6) is 0. The van der Waals surface area contributed by atoms with E-state index in [4.69, 9.17) is 0 Å². The highest BCUT2D eigenvalue weighted by atomic mass is 15.1. The average molecular weight is 601 g/mol. The molecule has 1 aliphatic rings. The fourth-order valence-electron chi connectivity index (χ4n) is 6.97. The minimum Gasteiger partial charge on any atom is -0.310 e. The van der Waals surface area contributed by atoms with Crippen LogP contribution in [0.4, 0.5) is 34.1 Å². The summed E-state index contributed by atoms with van der Waals surface area (Å²) >= 11 is 0. The van der Waals surface area contributed by atoms with Gasteiger partial charge in [-0.05, 0) is 100 Å². The zero-order chi connectivity index (χ0) is 31.2. The summed E-state index contributed by atoms with van der Waals surface area (Å²) in [7, 11) is 0. The number of nitrogens with zero attached hydrogens (tertiary/aromatic N) is 2. The number of fused-ring (bicyclic) bond motifs is 4. The van der Waals surface area contributed by atoms with Crippen molar-refractivity contribution >= 4 is 55.7 Å². The Balaban J connectivity index is 1.09. The molecule has 0 amide bonds. The van der Waals surface area contributed by atoms with Gasteiger partial charge in [-0.15, -0.1) is 0 Å². The van der Waals surface area contributed by atoms with E-state index in [9.17, 15) is 0 Å². The maximum atomic E-state index is 2.40. The maximum absolute atomic E-state index is 2.40. The van der Waals surface area contributed by atoms with Crippen LogP contribution >= 0.6 is 0 Å². The van der Waals surface area contributed by atoms with Crippen LogP contribution in [0.25, 0.3) is 32.7 Å². The fourth-order valence-corrected chi connectivity index (χ4v) is 6.97. The van der Waals surface area contributed by atoms with Gasteiger partial charge in [0, 0.05) is 33.5 Å². The molecule has 0 N–H and O–H groups in total. The molecule has 0 atom stereocenters. The predicted octanol–water partition coefficient (Wildman–Crippen LogP) is 12.5. The summed E-state index contributed by atoms with van der Waals surface area (Å²) in [6.07, 6.45) is 1.08. The van der Waals surface area contributed by atoms with Gasteiger partial charge in [0.15, 0.2) is 0 Å². The first kappa shape index (κ1) is 27.2. The highest BCUT2D eigenvalue weighted by molar-refractivity contribution is 6.04. The van der Waals surface area contributed by atoms with Gasteiger partial charge in [-0.2, -0.15) is 0 Å². The van der Waals surface area contributed by atoms with Gasteiger partial charge >= 0.3 is 0 Å². The maximum Gasteiger partial charge on any atom is 0.0543 e. The Bertz CT molecular complexity index is 2350. The van der Waals surface area contributed by atoms with E-state index in [0.717, 1.165) is 29.2 Å². The second-order valence-electron chi connectivity index (χ2n) is 12.2. The van der Waals surface area contributed by atoms with E-state index < -0.39 is 0 Å². The number of benzene rings is 8. The Labute approximate surface area is 275 Å². The molecule has 0 aliphatic heterocycles. The van der Waals surface area contributed by atoms with Gasteiger partial charge in [-0.25, -0.2) is 0 Å². The van der Waals surface area contributed by atoms with Gasteiger partial charge in [-0.3, -0.25) is 0 Å². The van der Waals surface area contributed by atoms with Gasteiger partial charge in [0.25, 0.3) is 0 Å². The molecule has 0 spiro atoms. The molecular weight excluding hydrogens is 569 g/mol. The molecule has 8 aromatic carbocycles. The molecule has 2 heteroatoms. The van der Waals surface area contributed by atoms with Crippen LogP contribution in [0.15, 0.2) is 182 Å². The molecule has 0 fully saturated rings. The quantitative estimate of drug-likeness (QED) is 0.180. The van der Waals surface area contributed by atoms with Crippen LogP contribution < -0.4 is 9.80 Å². The molecule has 222 valence electrons. The summed E-state index contributed by atoms with van der Waals surface area (Å²) < 4.78 is 0. The molecule has 0 heterocycles. The molecule has 2 nitrogen and oxygen atoms in total.